The van der Waals surface area contributed by atoms with Gasteiger partial charge in [-0.3, -0.25) is 4.79 Å². The number of rotatable bonds is 7. The lowest BCUT2D eigenvalue weighted by Crippen LogP contribution is -2.08. The molecule has 0 bridgehead atoms. The van der Waals surface area contributed by atoms with Crippen LogP contribution in [0.2, 0.25) is 0 Å². The van der Waals surface area contributed by atoms with Crippen molar-refractivity contribution in [3.63, 3.8) is 0 Å². The maximum Gasteiger partial charge on any atom is 0.147 e. The molecule has 0 fully saturated rings. The summed E-state index contributed by atoms with van der Waals surface area (Å²) in [6.07, 6.45) is 0.504. The van der Waals surface area contributed by atoms with Crippen LogP contribution in [0.5, 0.6) is 0 Å². The van der Waals surface area contributed by atoms with E-state index in [0.29, 0.717) is 12.2 Å². The minimum atomic E-state index is 0.187. The topological polar surface area (TPSA) is 17.1 Å². The Morgan fingerprint density at radius 2 is 1.17 bits per heavy atom. The maximum absolute atomic E-state index is 12.4. The van der Waals surface area contributed by atoms with Crippen molar-refractivity contribution < 1.29 is 4.79 Å². The first-order chi connectivity index (χ1) is 11.8. The lowest BCUT2D eigenvalue weighted by atomic mass is 10.0. The zero-order chi connectivity index (χ0) is 16.6. The second-order valence-electron chi connectivity index (χ2n) is 5.71. The predicted octanol–water partition coefficient (Wildman–Crippen LogP) is 5.32. The highest BCUT2D eigenvalue weighted by Gasteiger charge is 2.16. The molecule has 0 heterocycles. The lowest BCUT2D eigenvalue weighted by Gasteiger charge is -2.17. The number of carbonyl (C=O) groups is 1. The summed E-state index contributed by atoms with van der Waals surface area (Å²) in [6.45, 7) is 0. The second kappa shape index (κ2) is 8.51. The number of Topliss-reactive ketones (excluding diaryl/α,β-unsaturated/α-hetero) is 1. The molecule has 0 aliphatic carbocycles. The van der Waals surface area contributed by atoms with Crippen LogP contribution < -0.4 is 0 Å². The molecule has 120 valence electrons. The zero-order valence-corrected chi connectivity index (χ0v) is 14.3. The highest BCUT2D eigenvalue weighted by atomic mass is 32.2. The van der Waals surface area contributed by atoms with E-state index in [4.69, 9.17) is 0 Å². The monoisotopic (exact) mass is 332 g/mol. The molecule has 0 atom stereocenters. The standard InChI is InChI=1S/C22H20OS/c23-21(16-18-10-4-1-5-11-18)17-24-22(19-12-6-2-7-13-19)20-14-8-3-9-15-20/h1-15,22H,16-17H2. The molecule has 0 N–H and O–H groups in total. The van der Waals surface area contributed by atoms with Crippen LogP contribution in [0.3, 0.4) is 0 Å². The van der Waals surface area contributed by atoms with Crippen molar-refractivity contribution in [1.29, 1.82) is 0 Å². The van der Waals surface area contributed by atoms with Crippen LogP contribution in [-0.4, -0.2) is 11.5 Å². The van der Waals surface area contributed by atoms with Crippen LogP contribution in [0.4, 0.5) is 0 Å². The van der Waals surface area contributed by atoms with Gasteiger partial charge in [0.15, 0.2) is 0 Å². The summed E-state index contributed by atoms with van der Waals surface area (Å²) >= 11 is 1.71. The molecular formula is C22H20OS. The van der Waals surface area contributed by atoms with Gasteiger partial charge in [0.25, 0.3) is 0 Å². The van der Waals surface area contributed by atoms with Crippen molar-refractivity contribution in [2.75, 3.05) is 5.75 Å². The van der Waals surface area contributed by atoms with Crippen molar-refractivity contribution in [2.24, 2.45) is 0 Å². The zero-order valence-electron chi connectivity index (χ0n) is 13.5. The van der Waals surface area contributed by atoms with Gasteiger partial charge in [0, 0.05) is 6.42 Å². The third-order valence-electron chi connectivity index (χ3n) is 3.86. The molecule has 0 aliphatic heterocycles. The molecule has 0 saturated carbocycles. The molecule has 0 saturated heterocycles. The lowest BCUT2D eigenvalue weighted by molar-refractivity contribution is -0.116. The number of hydrogen-bond donors (Lipinski definition) is 0. The summed E-state index contributed by atoms with van der Waals surface area (Å²) in [5.74, 6) is 0.784. The average Bonchev–Trinajstić information content (AvgIpc) is 2.64. The first-order valence-corrected chi connectivity index (χ1v) is 9.15. The minimum Gasteiger partial charge on any atom is -0.298 e. The Kier molecular flexibility index (Phi) is 5.86. The highest BCUT2D eigenvalue weighted by molar-refractivity contribution is 8.00. The van der Waals surface area contributed by atoms with Gasteiger partial charge >= 0.3 is 0 Å². The van der Waals surface area contributed by atoms with E-state index in [1.807, 2.05) is 42.5 Å². The van der Waals surface area contributed by atoms with E-state index in [9.17, 15) is 4.79 Å². The van der Waals surface area contributed by atoms with Crippen LogP contribution in [0.25, 0.3) is 0 Å². The van der Waals surface area contributed by atoms with E-state index in [1.165, 1.54) is 11.1 Å². The third kappa shape index (κ3) is 4.59. The Morgan fingerprint density at radius 3 is 1.67 bits per heavy atom. The van der Waals surface area contributed by atoms with E-state index in [2.05, 4.69) is 48.5 Å². The highest BCUT2D eigenvalue weighted by Crippen LogP contribution is 2.35. The summed E-state index contributed by atoms with van der Waals surface area (Å²) in [5, 5.41) is 0.187. The third-order valence-corrected chi connectivity index (χ3v) is 5.23. The first kappa shape index (κ1) is 16.5. The average molecular weight is 332 g/mol. The maximum atomic E-state index is 12.4. The van der Waals surface area contributed by atoms with Gasteiger partial charge in [0.05, 0.1) is 11.0 Å². The largest absolute Gasteiger partial charge is 0.298 e. The Hall–Kier alpha value is -2.32. The molecule has 0 aromatic heterocycles. The van der Waals surface area contributed by atoms with Crippen molar-refractivity contribution in [2.45, 2.75) is 11.7 Å². The minimum absolute atomic E-state index is 0.187. The van der Waals surface area contributed by atoms with Crippen molar-refractivity contribution in [3.05, 3.63) is 108 Å². The van der Waals surface area contributed by atoms with E-state index in [0.717, 1.165) is 5.56 Å². The Labute approximate surface area is 147 Å². The first-order valence-electron chi connectivity index (χ1n) is 8.10. The van der Waals surface area contributed by atoms with Gasteiger partial charge in [-0.15, -0.1) is 11.8 Å². The Balaban J connectivity index is 1.70. The quantitative estimate of drug-likeness (QED) is 0.582. The van der Waals surface area contributed by atoms with Crippen LogP contribution in [0.1, 0.15) is 21.9 Å². The summed E-state index contributed by atoms with van der Waals surface area (Å²) < 4.78 is 0. The fraction of sp³-hybridized carbons (Fsp3) is 0.136. The molecule has 2 heteroatoms. The van der Waals surface area contributed by atoms with Gasteiger partial charge in [-0.1, -0.05) is 91.0 Å². The van der Waals surface area contributed by atoms with E-state index in [-0.39, 0.29) is 11.0 Å². The van der Waals surface area contributed by atoms with Crippen LogP contribution in [0.15, 0.2) is 91.0 Å². The Bertz CT molecular complexity index is 714. The Morgan fingerprint density at radius 1 is 0.708 bits per heavy atom. The summed E-state index contributed by atoms with van der Waals surface area (Å²) in [5.41, 5.74) is 3.56. The number of ketones is 1. The molecular weight excluding hydrogens is 312 g/mol. The van der Waals surface area contributed by atoms with E-state index in [1.54, 1.807) is 11.8 Å². The van der Waals surface area contributed by atoms with Crippen LogP contribution in [-0.2, 0) is 11.2 Å². The second-order valence-corrected chi connectivity index (χ2v) is 6.81. The summed E-state index contributed by atoms with van der Waals surface area (Å²) in [6, 6.07) is 30.7. The molecule has 0 spiro atoms. The summed E-state index contributed by atoms with van der Waals surface area (Å²) in [7, 11) is 0. The van der Waals surface area contributed by atoms with Gasteiger partial charge in [0.2, 0.25) is 0 Å². The fourth-order valence-corrected chi connectivity index (χ4v) is 3.85. The van der Waals surface area contributed by atoms with Gasteiger partial charge in [0.1, 0.15) is 5.78 Å². The van der Waals surface area contributed by atoms with Crippen molar-refractivity contribution in [1.82, 2.24) is 0 Å². The molecule has 0 aliphatic rings. The predicted molar refractivity (Wildman–Crippen MR) is 102 cm³/mol. The molecule has 3 aromatic rings. The van der Waals surface area contributed by atoms with E-state index >= 15 is 0 Å². The number of hydrogen-bond acceptors (Lipinski definition) is 2. The molecule has 3 aromatic carbocycles. The number of thioether (sulfide) groups is 1. The van der Waals surface area contributed by atoms with Gasteiger partial charge < -0.3 is 0 Å². The molecule has 0 unspecified atom stereocenters. The normalized spacial score (nSPS) is 10.7. The molecule has 24 heavy (non-hydrogen) atoms. The fourth-order valence-electron chi connectivity index (χ4n) is 2.69. The molecule has 0 amide bonds. The smallest absolute Gasteiger partial charge is 0.147 e. The van der Waals surface area contributed by atoms with Crippen LogP contribution >= 0.6 is 11.8 Å². The van der Waals surface area contributed by atoms with Gasteiger partial charge in [-0.2, -0.15) is 0 Å². The van der Waals surface area contributed by atoms with Crippen LogP contribution in [0, 0.1) is 0 Å². The SMILES string of the molecule is O=C(CSC(c1ccccc1)c1ccccc1)Cc1ccccc1. The number of carbonyl (C=O) groups excluding carboxylic acids is 1. The van der Waals surface area contributed by atoms with Gasteiger partial charge in [-0.25, -0.2) is 0 Å². The molecule has 3 rings (SSSR count). The van der Waals surface area contributed by atoms with E-state index < -0.39 is 0 Å². The van der Waals surface area contributed by atoms with Gasteiger partial charge in [-0.05, 0) is 16.7 Å². The van der Waals surface area contributed by atoms with Crippen molar-refractivity contribution in [3.8, 4) is 0 Å². The molecule has 0 radical (unpaired) electrons. The summed E-state index contributed by atoms with van der Waals surface area (Å²) in [4.78, 5) is 12.4. The number of benzene rings is 3. The molecule has 1 nitrogen and oxygen atoms in total. The van der Waals surface area contributed by atoms with Crippen molar-refractivity contribution >= 4 is 17.5 Å².